The van der Waals surface area contributed by atoms with E-state index >= 15 is 0 Å². The van der Waals surface area contributed by atoms with Gasteiger partial charge in [-0.1, -0.05) is 36.4 Å². The first kappa shape index (κ1) is 15.8. The smallest absolute Gasteiger partial charge is 0.417 e. The normalized spacial score (nSPS) is 17.0. The topological polar surface area (TPSA) is 49.9 Å². The highest BCUT2D eigenvalue weighted by atomic mass is 16.5. The summed E-state index contributed by atoms with van der Waals surface area (Å²) >= 11 is 0. The first-order valence-corrected chi connectivity index (χ1v) is 7.05. The van der Waals surface area contributed by atoms with E-state index in [2.05, 4.69) is 0 Å². The number of hydrogen-bond donors (Lipinski definition) is 0. The summed E-state index contributed by atoms with van der Waals surface area (Å²) in [6, 6.07) is 9.96. The molecule has 22 heavy (non-hydrogen) atoms. The van der Waals surface area contributed by atoms with Crippen molar-refractivity contribution in [2.45, 2.75) is 6.42 Å². The molecule has 0 N–H and O–H groups in total. The molecule has 0 spiro atoms. The Hall–Kier alpha value is -2.56. The van der Waals surface area contributed by atoms with Gasteiger partial charge >= 0.3 is 6.09 Å². The number of hydrogen-bond acceptors (Lipinski definition) is 3. The van der Waals surface area contributed by atoms with Gasteiger partial charge < -0.3 is 9.64 Å². The Kier molecular flexibility index (Phi) is 4.99. The summed E-state index contributed by atoms with van der Waals surface area (Å²) in [5.41, 5.74) is 1.71. The van der Waals surface area contributed by atoms with Gasteiger partial charge in [0.1, 0.15) is 0 Å². The van der Waals surface area contributed by atoms with Gasteiger partial charge in [0.2, 0.25) is 0 Å². The van der Waals surface area contributed by atoms with E-state index in [0.717, 1.165) is 5.56 Å². The predicted octanol–water partition coefficient (Wildman–Crippen LogP) is 2.41. The lowest BCUT2D eigenvalue weighted by Crippen LogP contribution is -2.32. The summed E-state index contributed by atoms with van der Waals surface area (Å²) in [4.78, 5) is 26.9. The second-order valence-electron chi connectivity index (χ2n) is 5.30. The largest absolute Gasteiger partial charge is 0.452 e. The summed E-state index contributed by atoms with van der Waals surface area (Å²) in [7, 11) is 4.71. The minimum Gasteiger partial charge on any atom is -0.452 e. The van der Waals surface area contributed by atoms with Gasteiger partial charge in [-0.05, 0) is 12.0 Å². The summed E-state index contributed by atoms with van der Waals surface area (Å²) in [5.74, 6) is -0.183. The number of ether oxygens (including phenoxy) is 1. The fourth-order valence-corrected chi connectivity index (χ4v) is 2.33. The maximum Gasteiger partial charge on any atom is 0.417 e. The summed E-state index contributed by atoms with van der Waals surface area (Å²) in [6.07, 6.45) is 5.25. The van der Waals surface area contributed by atoms with Crippen LogP contribution in [0.3, 0.4) is 0 Å². The highest BCUT2D eigenvalue weighted by Gasteiger charge is 2.26. The Morgan fingerprint density at radius 1 is 1.23 bits per heavy atom. The Bertz CT molecular complexity index is 606. The Balaban J connectivity index is 2.27. The van der Waals surface area contributed by atoms with Crippen LogP contribution in [0, 0.1) is 5.92 Å². The van der Waals surface area contributed by atoms with E-state index in [0.29, 0.717) is 12.0 Å². The van der Waals surface area contributed by atoms with Crippen LogP contribution in [-0.4, -0.2) is 43.0 Å². The first-order valence-electron chi connectivity index (χ1n) is 7.05. The second-order valence-corrected chi connectivity index (χ2v) is 5.30. The minimum absolute atomic E-state index is 0.0711. The van der Waals surface area contributed by atoms with Gasteiger partial charge in [0.25, 0.3) is 5.91 Å². The Labute approximate surface area is 130 Å². The lowest BCUT2D eigenvalue weighted by molar-refractivity contribution is -0.125. The third-order valence-corrected chi connectivity index (χ3v) is 3.49. The van der Waals surface area contributed by atoms with Crippen LogP contribution in [-0.2, 0) is 16.0 Å². The predicted molar refractivity (Wildman–Crippen MR) is 83.8 cm³/mol. The zero-order chi connectivity index (χ0) is 16.1. The molecule has 116 valence electrons. The van der Waals surface area contributed by atoms with Crippen molar-refractivity contribution in [2.75, 3.05) is 21.2 Å². The van der Waals surface area contributed by atoms with Gasteiger partial charge in [-0.2, -0.15) is 0 Å². The zero-order valence-corrected chi connectivity index (χ0v) is 13.0. The number of nitrogens with zero attached hydrogens (tertiary/aromatic N) is 2. The van der Waals surface area contributed by atoms with Crippen molar-refractivity contribution in [1.29, 1.82) is 0 Å². The number of likely N-dealkylation sites (N-methyl/N-ethyl adjacent to an activating group) is 1. The number of allylic oxidation sites excluding steroid dienone is 1. The van der Waals surface area contributed by atoms with Gasteiger partial charge in [-0.15, -0.1) is 0 Å². The van der Waals surface area contributed by atoms with E-state index in [1.54, 1.807) is 26.5 Å². The highest BCUT2D eigenvalue weighted by Crippen LogP contribution is 2.25. The highest BCUT2D eigenvalue weighted by molar-refractivity contribution is 5.94. The fourth-order valence-electron chi connectivity index (χ4n) is 2.33. The Morgan fingerprint density at radius 2 is 1.91 bits per heavy atom. The molecule has 1 aromatic carbocycles. The van der Waals surface area contributed by atoms with E-state index in [1.807, 2.05) is 36.4 Å². The molecule has 5 nitrogen and oxygen atoms in total. The van der Waals surface area contributed by atoms with E-state index in [-0.39, 0.29) is 11.8 Å². The van der Waals surface area contributed by atoms with Crippen molar-refractivity contribution in [3.8, 4) is 0 Å². The van der Waals surface area contributed by atoms with Crippen molar-refractivity contribution in [1.82, 2.24) is 9.80 Å². The fraction of sp³-hybridized carbons (Fsp3) is 0.294. The van der Waals surface area contributed by atoms with Crippen molar-refractivity contribution < 1.29 is 14.3 Å². The molecule has 1 atom stereocenters. The molecule has 0 bridgehead atoms. The maximum atomic E-state index is 12.4. The van der Waals surface area contributed by atoms with Crippen molar-refractivity contribution in [3.05, 3.63) is 59.9 Å². The van der Waals surface area contributed by atoms with Crippen molar-refractivity contribution >= 4 is 12.0 Å². The number of rotatable bonds is 3. The average Bonchev–Trinajstić information content (AvgIpc) is 2.54. The summed E-state index contributed by atoms with van der Waals surface area (Å²) in [5, 5.41) is 0. The standard InChI is InChI=1S/C17H20N2O3/c1-18(2)16(20)15-12-19(17(21)22-3)10-9-14(15)11-13-7-5-4-6-8-13/h4-10,12,14H,11H2,1-3H3/t14-/m0/s1. The van der Waals surface area contributed by atoms with Crippen LogP contribution >= 0.6 is 0 Å². The molecule has 0 saturated heterocycles. The molecule has 1 aromatic rings. The van der Waals surface area contributed by atoms with Crippen LogP contribution in [0.5, 0.6) is 0 Å². The van der Waals surface area contributed by atoms with Crippen LogP contribution in [0.2, 0.25) is 0 Å². The molecule has 0 fully saturated rings. The third kappa shape index (κ3) is 3.55. The lowest BCUT2D eigenvalue weighted by Gasteiger charge is -2.26. The van der Waals surface area contributed by atoms with Gasteiger partial charge in [0.05, 0.1) is 7.11 Å². The van der Waals surface area contributed by atoms with Gasteiger partial charge in [-0.3, -0.25) is 9.69 Å². The van der Waals surface area contributed by atoms with E-state index in [1.165, 1.54) is 16.9 Å². The van der Waals surface area contributed by atoms with Crippen LogP contribution in [0.25, 0.3) is 0 Å². The SMILES string of the molecule is COC(=O)N1C=C[C@@H](Cc2ccccc2)C(C(=O)N(C)C)=C1. The van der Waals surface area contributed by atoms with Gasteiger partial charge in [-0.25, -0.2) is 4.79 Å². The van der Waals surface area contributed by atoms with E-state index in [4.69, 9.17) is 4.74 Å². The summed E-state index contributed by atoms with van der Waals surface area (Å²) in [6.45, 7) is 0. The molecule has 0 aliphatic carbocycles. The zero-order valence-electron chi connectivity index (χ0n) is 13.0. The van der Waals surface area contributed by atoms with Crippen LogP contribution < -0.4 is 0 Å². The molecule has 2 rings (SSSR count). The molecule has 0 saturated carbocycles. The number of methoxy groups -OCH3 is 1. The molecule has 5 heteroatoms. The third-order valence-electron chi connectivity index (χ3n) is 3.49. The van der Waals surface area contributed by atoms with Crippen LogP contribution in [0.1, 0.15) is 5.56 Å². The molecule has 1 aliphatic heterocycles. The van der Waals surface area contributed by atoms with E-state index < -0.39 is 6.09 Å². The van der Waals surface area contributed by atoms with Gasteiger partial charge in [0, 0.05) is 38.0 Å². The number of carbonyl (C=O) groups excluding carboxylic acids is 2. The van der Waals surface area contributed by atoms with Crippen LogP contribution in [0.4, 0.5) is 4.79 Å². The van der Waals surface area contributed by atoms with Crippen molar-refractivity contribution in [3.63, 3.8) is 0 Å². The molecule has 0 radical (unpaired) electrons. The van der Waals surface area contributed by atoms with Gasteiger partial charge in [0.15, 0.2) is 0 Å². The summed E-state index contributed by atoms with van der Waals surface area (Å²) < 4.78 is 4.70. The maximum absolute atomic E-state index is 12.4. The first-order chi connectivity index (χ1) is 10.5. The monoisotopic (exact) mass is 300 g/mol. The average molecular weight is 300 g/mol. The molecule has 1 heterocycles. The van der Waals surface area contributed by atoms with Crippen LogP contribution in [0.15, 0.2) is 54.4 Å². The quantitative estimate of drug-likeness (QED) is 0.861. The van der Waals surface area contributed by atoms with E-state index in [9.17, 15) is 9.59 Å². The minimum atomic E-state index is -0.515. The molecular weight excluding hydrogens is 280 g/mol. The van der Waals surface area contributed by atoms with Crippen molar-refractivity contribution in [2.24, 2.45) is 5.92 Å². The second kappa shape index (κ2) is 6.93. The molecule has 2 amide bonds. The molecule has 0 unspecified atom stereocenters. The molecule has 1 aliphatic rings. The number of carbonyl (C=O) groups is 2. The Morgan fingerprint density at radius 3 is 2.50 bits per heavy atom. The lowest BCUT2D eigenvalue weighted by atomic mass is 9.90. The number of amides is 2. The number of benzene rings is 1. The molecular formula is C17H20N2O3. The molecule has 0 aromatic heterocycles.